The molecule has 1 N–H and O–H groups in total. The zero-order chi connectivity index (χ0) is 23.4. The van der Waals surface area contributed by atoms with Crippen LogP contribution >= 0.6 is 11.3 Å². The molecule has 1 saturated heterocycles. The maximum absolute atomic E-state index is 12.4. The van der Waals surface area contributed by atoms with E-state index in [0.717, 1.165) is 21.5 Å². The molecule has 9 heteroatoms. The van der Waals surface area contributed by atoms with Crippen LogP contribution in [0.4, 0.5) is 20.4 Å². The molecule has 0 atom stereocenters. The van der Waals surface area contributed by atoms with Crippen LogP contribution in [0.2, 0.25) is 0 Å². The Hall–Kier alpha value is -3.33. The highest BCUT2D eigenvalue weighted by Gasteiger charge is 2.23. The van der Waals surface area contributed by atoms with E-state index >= 15 is 0 Å². The molecular weight excluding hydrogens is 440 g/mol. The average Bonchev–Trinajstić information content (AvgIpc) is 3.18. The SMILES string of the molecule is CC(C)(C)OC(=O)Nc1nc2ccc(N3CCN(C(=O)OCc4ccccc4)CC3)cc2s1. The summed E-state index contributed by atoms with van der Waals surface area (Å²) in [6, 6.07) is 15.7. The first-order valence-electron chi connectivity index (χ1n) is 10.9. The molecule has 0 saturated carbocycles. The van der Waals surface area contributed by atoms with Gasteiger partial charge in [-0.15, -0.1) is 0 Å². The minimum absolute atomic E-state index is 0.279. The number of piperazine rings is 1. The molecule has 1 fully saturated rings. The Balaban J connectivity index is 1.32. The number of ether oxygens (including phenoxy) is 2. The van der Waals surface area contributed by atoms with Gasteiger partial charge in [-0.05, 0) is 44.5 Å². The van der Waals surface area contributed by atoms with Gasteiger partial charge in [0.1, 0.15) is 12.2 Å². The van der Waals surface area contributed by atoms with Crippen LogP contribution in [0.3, 0.4) is 0 Å². The quantitative estimate of drug-likeness (QED) is 0.573. The Morgan fingerprint density at radius 3 is 2.48 bits per heavy atom. The minimum Gasteiger partial charge on any atom is -0.445 e. The molecule has 2 aromatic carbocycles. The number of fused-ring (bicyclic) bond motifs is 1. The van der Waals surface area contributed by atoms with Gasteiger partial charge in [0.05, 0.1) is 10.2 Å². The lowest BCUT2D eigenvalue weighted by Crippen LogP contribution is -2.48. The summed E-state index contributed by atoms with van der Waals surface area (Å²) >= 11 is 1.41. The molecule has 174 valence electrons. The number of rotatable bonds is 4. The fourth-order valence-electron chi connectivity index (χ4n) is 3.51. The molecule has 1 aromatic heterocycles. The standard InChI is InChI=1S/C24H28N4O4S/c1-24(2,3)32-22(29)26-21-25-19-10-9-18(15-20(19)33-21)27-11-13-28(14-12-27)23(30)31-16-17-7-5-4-6-8-17/h4-10,15H,11-14,16H2,1-3H3,(H,25,26,29). The summed E-state index contributed by atoms with van der Waals surface area (Å²) in [6.45, 7) is 8.36. The second-order valence-electron chi connectivity index (χ2n) is 8.81. The summed E-state index contributed by atoms with van der Waals surface area (Å²) in [5.74, 6) is 0. The number of nitrogens with one attached hydrogen (secondary N) is 1. The van der Waals surface area contributed by atoms with Crippen LogP contribution in [0.25, 0.3) is 10.2 Å². The number of anilines is 2. The van der Waals surface area contributed by atoms with E-state index in [1.807, 2.05) is 63.2 Å². The summed E-state index contributed by atoms with van der Waals surface area (Å²) in [7, 11) is 0. The first-order chi connectivity index (χ1) is 15.8. The predicted molar refractivity (Wildman–Crippen MR) is 130 cm³/mol. The molecule has 3 aromatic rings. The van der Waals surface area contributed by atoms with E-state index < -0.39 is 11.7 Å². The summed E-state index contributed by atoms with van der Waals surface area (Å²) in [6.07, 6.45) is -0.800. The van der Waals surface area contributed by atoms with Gasteiger partial charge in [0.2, 0.25) is 0 Å². The number of hydrogen-bond donors (Lipinski definition) is 1. The number of aromatic nitrogens is 1. The normalized spacial score (nSPS) is 14.3. The topological polar surface area (TPSA) is 84.0 Å². The highest BCUT2D eigenvalue weighted by Crippen LogP contribution is 2.30. The summed E-state index contributed by atoms with van der Waals surface area (Å²) in [5, 5.41) is 3.21. The lowest BCUT2D eigenvalue weighted by atomic mass is 10.2. The van der Waals surface area contributed by atoms with Crippen molar-refractivity contribution in [2.24, 2.45) is 0 Å². The van der Waals surface area contributed by atoms with Gasteiger partial charge in [0, 0.05) is 31.9 Å². The van der Waals surface area contributed by atoms with E-state index in [2.05, 4.69) is 21.3 Å². The van der Waals surface area contributed by atoms with E-state index in [-0.39, 0.29) is 12.7 Å². The molecule has 0 spiro atoms. The lowest BCUT2D eigenvalue weighted by Gasteiger charge is -2.35. The number of thiazole rings is 1. The molecule has 0 radical (unpaired) electrons. The molecule has 2 heterocycles. The van der Waals surface area contributed by atoms with Crippen molar-refractivity contribution in [2.45, 2.75) is 33.0 Å². The molecule has 0 unspecified atom stereocenters. The Morgan fingerprint density at radius 2 is 1.79 bits per heavy atom. The van der Waals surface area contributed by atoms with Crippen molar-refractivity contribution in [3.05, 3.63) is 54.1 Å². The second-order valence-corrected chi connectivity index (χ2v) is 9.84. The third-order valence-electron chi connectivity index (χ3n) is 5.09. The zero-order valence-corrected chi connectivity index (χ0v) is 19.9. The first-order valence-corrected chi connectivity index (χ1v) is 11.7. The van der Waals surface area contributed by atoms with Crippen LogP contribution in [-0.4, -0.2) is 53.9 Å². The molecule has 8 nitrogen and oxygen atoms in total. The van der Waals surface area contributed by atoms with Crippen molar-refractivity contribution in [3.63, 3.8) is 0 Å². The van der Waals surface area contributed by atoms with E-state index in [4.69, 9.17) is 9.47 Å². The van der Waals surface area contributed by atoms with Crippen molar-refractivity contribution in [3.8, 4) is 0 Å². The van der Waals surface area contributed by atoms with Crippen molar-refractivity contribution in [1.29, 1.82) is 0 Å². The first kappa shape index (κ1) is 22.8. The van der Waals surface area contributed by atoms with E-state index in [1.54, 1.807) is 4.90 Å². The van der Waals surface area contributed by atoms with Gasteiger partial charge >= 0.3 is 12.2 Å². The highest BCUT2D eigenvalue weighted by molar-refractivity contribution is 7.22. The molecule has 0 bridgehead atoms. The number of benzene rings is 2. The largest absolute Gasteiger partial charge is 0.445 e. The molecular formula is C24H28N4O4S. The maximum atomic E-state index is 12.4. The van der Waals surface area contributed by atoms with Gasteiger partial charge in [-0.2, -0.15) is 0 Å². The van der Waals surface area contributed by atoms with Crippen LogP contribution in [0, 0.1) is 0 Å². The lowest BCUT2D eigenvalue weighted by molar-refractivity contribution is 0.0635. The second kappa shape index (κ2) is 9.66. The van der Waals surface area contributed by atoms with E-state index in [9.17, 15) is 9.59 Å². The van der Waals surface area contributed by atoms with Gasteiger partial charge < -0.3 is 19.3 Å². The van der Waals surface area contributed by atoms with Crippen LogP contribution in [0.5, 0.6) is 0 Å². The number of amides is 2. The maximum Gasteiger partial charge on any atom is 0.413 e. The average molecular weight is 469 g/mol. The van der Waals surface area contributed by atoms with E-state index in [0.29, 0.717) is 31.3 Å². The smallest absolute Gasteiger partial charge is 0.413 e. The summed E-state index contributed by atoms with van der Waals surface area (Å²) < 4.78 is 11.7. The van der Waals surface area contributed by atoms with Crippen LogP contribution < -0.4 is 10.2 Å². The van der Waals surface area contributed by atoms with Gasteiger partial charge in [0.25, 0.3) is 0 Å². The monoisotopic (exact) mass is 468 g/mol. The Bertz CT molecular complexity index is 1120. The molecule has 33 heavy (non-hydrogen) atoms. The zero-order valence-electron chi connectivity index (χ0n) is 19.0. The number of hydrogen-bond acceptors (Lipinski definition) is 7. The minimum atomic E-state index is -0.565. The fourth-order valence-corrected chi connectivity index (χ4v) is 4.40. The number of carbonyl (C=O) groups excluding carboxylic acids is 2. The van der Waals surface area contributed by atoms with Crippen molar-refractivity contribution < 1.29 is 19.1 Å². The predicted octanol–water partition coefficient (Wildman–Crippen LogP) is 5.10. The molecule has 1 aliphatic rings. The highest BCUT2D eigenvalue weighted by atomic mass is 32.1. The summed E-state index contributed by atoms with van der Waals surface area (Å²) in [4.78, 5) is 32.9. The molecule has 0 aliphatic carbocycles. The molecule has 4 rings (SSSR count). The Kier molecular flexibility index (Phi) is 6.69. The number of nitrogens with zero attached hydrogens (tertiary/aromatic N) is 3. The Morgan fingerprint density at radius 1 is 1.06 bits per heavy atom. The molecule has 2 amide bonds. The van der Waals surface area contributed by atoms with Crippen LogP contribution in [-0.2, 0) is 16.1 Å². The van der Waals surface area contributed by atoms with Crippen molar-refractivity contribution in [1.82, 2.24) is 9.88 Å². The van der Waals surface area contributed by atoms with Gasteiger partial charge in [0.15, 0.2) is 5.13 Å². The van der Waals surface area contributed by atoms with Crippen LogP contribution in [0.15, 0.2) is 48.5 Å². The number of carbonyl (C=O) groups is 2. The van der Waals surface area contributed by atoms with E-state index in [1.165, 1.54) is 11.3 Å². The van der Waals surface area contributed by atoms with Gasteiger partial charge in [-0.25, -0.2) is 14.6 Å². The fraction of sp³-hybridized carbons (Fsp3) is 0.375. The van der Waals surface area contributed by atoms with Crippen molar-refractivity contribution >= 4 is 44.6 Å². The Labute approximate surface area is 197 Å². The van der Waals surface area contributed by atoms with Crippen molar-refractivity contribution in [2.75, 3.05) is 36.4 Å². The third-order valence-corrected chi connectivity index (χ3v) is 6.02. The summed E-state index contributed by atoms with van der Waals surface area (Å²) in [5.41, 5.74) is 2.29. The van der Waals surface area contributed by atoms with Gasteiger partial charge in [-0.1, -0.05) is 41.7 Å². The third kappa shape index (κ3) is 6.13. The van der Waals surface area contributed by atoms with Crippen LogP contribution in [0.1, 0.15) is 26.3 Å². The molecule has 1 aliphatic heterocycles. The van der Waals surface area contributed by atoms with Gasteiger partial charge in [-0.3, -0.25) is 5.32 Å².